The van der Waals surface area contributed by atoms with Crippen LogP contribution < -0.4 is 4.74 Å². The number of ether oxygens (including phenoxy) is 2. The summed E-state index contributed by atoms with van der Waals surface area (Å²) in [6.07, 6.45) is 0.694. The summed E-state index contributed by atoms with van der Waals surface area (Å²) in [5, 5.41) is 11.3. The predicted octanol–water partition coefficient (Wildman–Crippen LogP) is 3.20. The van der Waals surface area contributed by atoms with E-state index in [0.717, 1.165) is 16.7 Å². The van der Waals surface area contributed by atoms with Gasteiger partial charge in [-0.2, -0.15) is 0 Å². The normalized spacial score (nSPS) is 14.3. The molecule has 0 bridgehead atoms. The first-order valence-corrected chi connectivity index (χ1v) is 9.84. The van der Waals surface area contributed by atoms with Crippen molar-refractivity contribution in [3.8, 4) is 5.75 Å². The zero-order valence-corrected chi connectivity index (χ0v) is 15.7. The van der Waals surface area contributed by atoms with Gasteiger partial charge in [0.2, 0.25) is 0 Å². The number of benzene rings is 2. The number of sulfone groups is 1. The molecule has 2 atom stereocenters. The van der Waals surface area contributed by atoms with Crippen molar-refractivity contribution in [3.63, 3.8) is 0 Å². The fraction of sp³-hybridized carbons (Fsp3) is 0.300. The fourth-order valence-corrected chi connectivity index (χ4v) is 3.36. The smallest absolute Gasteiger partial charge is 0.199 e. The molecule has 0 spiro atoms. The molecule has 0 unspecified atom stereocenters. The average Bonchev–Trinajstić information content (AvgIpc) is 2.67. The quantitative estimate of drug-likeness (QED) is 0.728. The van der Waals surface area contributed by atoms with Gasteiger partial charge in [-0.3, -0.25) is 0 Å². The third-order valence-electron chi connectivity index (χ3n) is 3.96. The number of rotatable bonds is 9. The first-order valence-electron chi connectivity index (χ1n) is 8.29. The Balaban J connectivity index is 1.84. The van der Waals surface area contributed by atoms with E-state index in [0.29, 0.717) is 6.61 Å². The summed E-state index contributed by atoms with van der Waals surface area (Å²) >= 11 is 0. The Hall–Kier alpha value is -2.15. The molecule has 2 rings (SSSR count). The molecule has 0 aliphatic rings. The lowest BCUT2D eigenvalue weighted by molar-refractivity contribution is 0.0118. The topological polar surface area (TPSA) is 72.8 Å². The van der Waals surface area contributed by atoms with Gasteiger partial charge in [0.05, 0.1) is 31.3 Å². The van der Waals surface area contributed by atoms with Gasteiger partial charge in [0.1, 0.15) is 5.75 Å². The van der Waals surface area contributed by atoms with E-state index in [1.807, 2.05) is 24.3 Å². The number of aliphatic hydroxyl groups is 1. The van der Waals surface area contributed by atoms with Crippen molar-refractivity contribution in [2.24, 2.45) is 5.92 Å². The summed E-state index contributed by atoms with van der Waals surface area (Å²) < 4.78 is 35.0. The summed E-state index contributed by atoms with van der Waals surface area (Å²) in [4.78, 5) is 0.230. The highest BCUT2D eigenvalue weighted by Gasteiger charge is 2.15. The molecule has 0 amide bonds. The molecule has 0 fully saturated rings. The van der Waals surface area contributed by atoms with Crippen LogP contribution in [0.3, 0.4) is 0 Å². The van der Waals surface area contributed by atoms with Crippen LogP contribution in [-0.4, -0.2) is 33.3 Å². The summed E-state index contributed by atoms with van der Waals surface area (Å²) in [5.74, 6) is 0.413. The zero-order valence-electron chi connectivity index (χ0n) is 14.9. The number of hydrogen-bond acceptors (Lipinski definition) is 5. The van der Waals surface area contributed by atoms with E-state index < -0.39 is 15.9 Å². The van der Waals surface area contributed by atoms with Crippen molar-refractivity contribution in [2.45, 2.75) is 24.5 Å². The van der Waals surface area contributed by atoms with E-state index in [1.54, 1.807) is 44.4 Å². The standard InChI is InChI=1S/C20H24O5S/c1-16(12-13-26(22,23)19-6-4-3-5-7-19)20(21)15-25-14-17-8-10-18(24-2)11-9-17/h3-13,16,20-21H,14-15H2,1-2H3/b13-12+/t16-,20-/m1/s1. The van der Waals surface area contributed by atoms with Crippen LogP contribution in [0.4, 0.5) is 0 Å². The van der Waals surface area contributed by atoms with Crippen molar-refractivity contribution < 1.29 is 23.0 Å². The van der Waals surface area contributed by atoms with E-state index in [4.69, 9.17) is 9.47 Å². The molecule has 0 aromatic heterocycles. The molecule has 0 heterocycles. The maximum atomic E-state index is 12.2. The maximum absolute atomic E-state index is 12.2. The molecule has 0 aliphatic carbocycles. The molecule has 26 heavy (non-hydrogen) atoms. The average molecular weight is 376 g/mol. The SMILES string of the molecule is COc1ccc(COC[C@@H](O)[C@H](C)/C=C/S(=O)(=O)c2ccccc2)cc1. The Kier molecular flexibility index (Phi) is 7.38. The largest absolute Gasteiger partial charge is 0.497 e. The van der Waals surface area contributed by atoms with Crippen LogP contribution in [0, 0.1) is 5.92 Å². The molecule has 5 nitrogen and oxygen atoms in total. The Bertz CT molecular complexity index is 798. The van der Waals surface area contributed by atoms with Gasteiger partial charge in [-0.05, 0) is 29.8 Å². The highest BCUT2D eigenvalue weighted by Crippen LogP contribution is 2.15. The minimum Gasteiger partial charge on any atom is -0.497 e. The van der Waals surface area contributed by atoms with Gasteiger partial charge in [-0.1, -0.05) is 43.3 Å². The lowest BCUT2D eigenvalue weighted by Gasteiger charge is -2.16. The Morgan fingerprint density at radius 1 is 1.08 bits per heavy atom. The van der Waals surface area contributed by atoms with Crippen molar-refractivity contribution in [1.82, 2.24) is 0 Å². The molecule has 0 radical (unpaired) electrons. The molecule has 0 saturated carbocycles. The van der Waals surface area contributed by atoms with Crippen LogP contribution in [0.2, 0.25) is 0 Å². The second kappa shape index (κ2) is 9.52. The molecular weight excluding hydrogens is 352 g/mol. The molecule has 2 aromatic carbocycles. The van der Waals surface area contributed by atoms with E-state index >= 15 is 0 Å². The summed E-state index contributed by atoms with van der Waals surface area (Å²) in [6.45, 7) is 2.22. The van der Waals surface area contributed by atoms with Crippen LogP contribution >= 0.6 is 0 Å². The maximum Gasteiger partial charge on any atom is 0.199 e. The van der Waals surface area contributed by atoms with Crippen molar-refractivity contribution in [3.05, 3.63) is 71.6 Å². The summed E-state index contributed by atoms with van der Waals surface area (Å²) in [6, 6.07) is 15.6. The monoisotopic (exact) mass is 376 g/mol. The van der Waals surface area contributed by atoms with Crippen LogP contribution in [0.15, 0.2) is 71.0 Å². The molecular formula is C20H24O5S. The van der Waals surface area contributed by atoms with Gasteiger partial charge >= 0.3 is 0 Å². The van der Waals surface area contributed by atoms with Gasteiger partial charge in [-0.15, -0.1) is 0 Å². The Morgan fingerprint density at radius 2 is 1.73 bits per heavy atom. The van der Waals surface area contributed by atoms with E-state index in [2.05, 4.69) is 0 Å². The molecule has 0 aliphatic heterocycles. The van der Waals surface area contributed by atoms with Gasteiger partial charge in [0.15, 0.2) is 9.84 Å². The fourth-order valence-electron chi connectivity index (χ4n) is 2.22. The Morgan fingerprint density at radius 3 is 2.35 bits per heavy atom. The van der Waals surface area contributed by atoms with E-state index in [9.17, 15) is 13.5 Å². The van der Waals surface area contributed by atoms with Gasteiger partial charge < -0.3 is 14.6 Å². The second-order valence-corrected chi connectivity index (χ2v) is 7.81. The first-order chi connectivity index (χ1) is 12.4. The van der Waals surface area contributed by atoms with Crippen LogP contribution in [0.1, 0.15) is 12.5 Å². The third kappa shape index (κ3) is 5.98. The van der Waals surface area contributed by atoms with Crippen LogP contribution in [0.5, 0.6) is 5.75 Å². The van der Waals surface area contributed by atoms with Gasteiger partial charge in [0.25, 0.3) is 0 Å². The second-order valence-electron chi connectivity index (χ2n) is 5.98. The van der Waals surface area contributed by atoms with Gasteiger partial charge in [0, 0.05) is 11.3 Å². The summed E-state index contributed by atoms with van der Waals surface area (Å²) in [5.41, 5.74) is 0.966. The predicted molar refractivity (Wildman–Crippen MR) is 101 cm³/mol. The third-order valence-corrected chi connectivity index (χ3v) is 5.40. The van der Waals surface area contributed by atoms with E-state index in [-0.39, 0.29) is 17.4 Å². The lowest BCUT2D eigenvalue weighted by Crippen LogP contribution is -2.22. The van der Waals surface area contributed by atoms with Crippen molar-refractivity contribution in [1.29, 1.82) is 0 Å². The van der Waals surface area contributed by atoms with Crippen molar-refractivity contribution >= 4 is 9.84 Å². The zero-order chi connectivity index (χ0) is 19.0. The Labute approximate surface area is 154 Å². The minimum absolute atomic E-state index is 0.114. The van der Waals surface area contributed by atoms with E-state index in [1.165, 1.54) is 6.08 Å². The molecule has 1 N–H and O–H groups in total. The molecule has 2 aromatic rings. The highest BCUT2D eigenvalue weighted by atomic mass is 32.2. The van der Waals surface area contributed by atoms with Crippen LogP contribution in [0.25, 0.3) is 0 Å². The number of methoxy groups -OCH3 is 1. The number of hydrogen-bond donors (Lipinski definition) is 1. The van der Waals surface area contributed by atoms with Crippen LogP contribution in [-0.2, 0) is 21.2 Å². The number of aliphatic hydroxyl groups excluding tert-OH is 1. The molecule has 6 heteroatoms. The minimum atomic E-state index is -3.50. The molecule has 0 saturated heterocycles. The lowest BCUT2D eigenvalue weighted by atomic mass is 10.1. The molecule has 140 valence electrons. The summed E-state index contributed by atoms with van der Waals surface area (Å²) in [7, 11) is -1.90. The first kappa shape index (κ1) is 20.2. The highest BCUT2D eigenvalue weighted by molar-refractivity contribution is 7.94. The van der Waals surface area contributed by atoms with Crippen molar-refractivity contribution in [2.75, 3.05) is 13.7 Å². The van der Waals surface area contributed by atoms with Gasteiger partial charge in [-0.25, -0.2) is 8.42 Å².